The summed E-state index contributed by atoms with van der Waals surface area (Å²) in [5.74, 6) is 1.24. The van der Waals surface area contributed by atoms with Gasteiger partial charge in [0.15, 0.2) is 11.5 Å². The van der Waals surface area contributed by atoms with Crippen molar-refractivity contribution >= 4 is 23.0 Å². The number of ether oxygens (including phenoxy) is 3. The molecule has 4 rings (SSSR count). The van der Waals surface area contributed by atoms with E-state index in [2.05, 4.69) is 26.8 Å². The minimum atomic E-state index is -0.266. The van der Waals surface area contributed by atoms with Crippen LogP contribution in [0, 0.1) is 5.92 Å². The van der Waals surface area contributed by atoms with Crippen molar-refractivity contribution in [2.75, 3.05) is 45.7 Å². The summed E-state index contributed by atoms with van der Waals surface area (Å²) in [5.41, 5.74) is 7.67. The molecule has 38 heavy (non-hydrogen) atoms. The van der Waals surface area contributed by atoms with Crippen molar-refractivity contribution in [1.29, 1.82) is 0 Å². The Morgan fingerprint density at radius 3 is 2.74 bits per heavy atom. The van der Waals surface area contributed by atoms with Crippen LogP contribution in [0.25, 0.3) is 11.2 Å². The van der Waals surface area contributed by atoms with Gasteiger partial charge < -0.3 is 24.9 Å². The summed E-state index contributed by atoms with van der Waals surface area (Å²) in [6.45, 7) is 6.57. The number of esters is 1. The first-order chi connectivity index (χ1) is 18.5. The molecule has 0 spiro atoms. The number of aromatic nitrogens is 4. The smallest absolute Gasteiger partial charge is 0.327 e. The van der Waals surface area contributed by atoms with E-state index < -0.39 is 0 Å². The maximum absolute atomic E-state index is 12.6. The van der Waals surface area contributed by atoms with Crippen LogP contribution in [0.5, 0.6) is 11.8 Å². The van der Waals surface area contributed by atoms with Crippen molar-refractivity contribution in [2.45, 2.75) is 52.0 Å². The van der Waals surface area contributed by atoms with Crippen LogP contribution < -0.4 is 20.9 Å². The van der Waals surface area contributed by atoms with Crippen molar-refractivity contribution in [3.8, 4) is 11.8 Å². The van der Waals surface area contributed by atoms with E-state index in [1.807, 2.05) is 24.3 Å². The molecule has 2 aromatic heterocycles. The SMILES string of the molecule is CCCCOc1nc(N)c2[nH]c(=O)n(CCC3CCN(CCOc4cccc(CC(=O)OC)c4)CC3)c2n1. The van der Waals surface area contributed by atoms with Gasteiger partial charge in [0.25, 0.3) is 0 Å². The second kappa shape index (κ2) is 13.3. The quantitative estimate of drug-likeness (QED) is 0.254. The van der Waals surface area contributed by atoms with Gasteiger partial charge in [-0.15, -0.1) is 0 Å². The van der Waals surface area contributed by atoms with E-state index in [0.29, 0.717) is 36.8 Å². The number of nitrogens with two attached hydrogens (primary N) is 1. The molecule has 0 amide bonds. The number of likely N-dealkylation sites (tertiary alicyclic amines) is 1. The van der Waals surface area contributed by atoms with Crippen LogP contribution in [-0.2, 0) is 22.5 Å². The van der Waals surface area contributed by atoms with Gasteiger partial charge in [-0.2, -0.15) is 9.97 Å². The number of imidazole rings is 1. The fourth-order valence-electron chi connectivity index (χ4n) is 4.70. The standard InChI is InChI=1S/C27H38N6O5/c1-3-4-15-38-26-30-24(28)23-25(31-26)33(27(35)29-23)13-10-19-8-11-32(12-9-19)14-16-37-21-7-5-6-20(17-21)18-22(34)36-2/h5-7,17,19H,3-4,8-16,18H2,1-2H3,(H,29,35)(H2,28,30,31). The van der Waals surface area contributed by atoms with E-state index in [-0.39, 0.29) is 29.9 Å². The summed E-state index contributed by atoms with van der Waals surface area (Å²) >= 11 is 0. The summed E-state index contributed by atoms with van der Waals surface area (Å²) in [6.07, 6.45) is 5.16. The number of aromatic amines is 1. The Bertz CT molecular complexity index is 1260. The van der Waals surface area contributed by atoms with Crippen LogP contribution in [0.1, 0.15) is 44.6 Å². The van der Waals surface area contributed by atoms with E-state index >= 15 is 0 Å². The zero-order valence-corrected chi connectivity index (χ0v) is 22.3. The first kappa shape index (κ1) is 27.4. The lowest BCUT2D eigenvalue weighted by atomic mass is 9.93. The Kier molecular flexibility index (Phi) is 9.58. The van der Waals surface area contributed by atoms with Crippen molar-refractivity contribution < 1.29 is 19.0 Å². The molecule has 1 aromatic carbocycles. The monoisotopic (exact) mass is 526 g/mol. The number of benzene rings is 1. The van der Waals surface area contributed by atoms with E-state index in [4.69, 9.17) is 19.9 Å². The maximum Gasteiger partial charge on any atom is 0.327 e. The second-order valence-corrected chi connectivity index (χ2v) is 9.70. The van der Waals surface area contributed by atoms with Gasteiger partial charge in [-0.1, -0.05) is 25.5 Å². The predicted molar refractivity (Wildman–Crippen MR) is 144 cm³/mol. The Labute approximate surface area is 222 Å². The maximum atomic E-state index is 12.6. The molecule has 11 heteroatoms. The number of unbranched alkanes of at least 4 members (excludes halogenated alkanes) is 1. The van der Waals surface area contributed by atoms with Gasteiger partial charge in [0, 0.05) is 13.1 Å². The molecule has 0 atom stereocenters. The fraction of sp³-hybridized carbons (Fsp3) is 0.556. The van der Waals surface area contributed by atoms with Crippen molar-refractivity contribution in [3.05, 3.63) is 40.3 Å². The fourth-order valence-corrected chi connectivity index (χ4v) is 4.70. The first-order valence-electron chi connectivity index (χ1n) is 13.4. The highest BCUT2D eigenvalue weighted by Crippen LogP contribution is 2.23. The Balaban J connectivity index is 1.23. The molecule has 11 nitrogen and oxygen atoms in total. The van der Waals surface area contributed by atoms with Crippen molar-refractivity contribution in [3.63, 3.8) is 0 Å². The molecule has 206 valence electrons. The molecule has 0 unspecified atom stereocenters. The molecule has 1 fully saturated rings. The average Bonchev–Trinajstić information content (AvgIpc) is 3.24. The Morgan fingerprint density at radius 1 is 1.16 bits per heavy atom. The number of H-pyrrole nitrogens is 1. The number of piperidine rings is 1. The molecule has 3 aromatic rings. The second-order valence-electron chi connectivity index (χ2n) is 9.70. The molecular weight excluding hydrogens is 488 g/mol. The molecule has 3 N–H and O–H groups in total. The van der Waals surface area contributed by atoms with Gasteiger partial charge >= 0.3 is 17.7 Å². The molecule has 0 radical (unpaired) electrons. The van der Waals surface area contributed by atoms with Crippen LogP contribution in [0.2, 0.25) is 0 Å². The van der Waals surface area contributed by atoms with Gasteiger partial charge in [0.2, 0.25) is 0 Å². The Morgan fingerprint density at radius 2 is 1.97 bits per heavy atom. The lowest BCUT2D eigenvalue weighted by molar-refractivity contribution is -0.139. The lowest BCUT2D eigenvalue weighted by Crippen LogP contribution is -2.36. The zero-order valence-electron chi connectivity index (χ0n) is 22.3. The number of nitrogen functional groups attached to an aromatic ring is 1. The van der Waals surface area contributed by atoms with Crippen molar-refractivity contribution in [1.82, 2.24) is 24.4 Å². The topological polar surface area (TPSA) is 138 Å². The lowest BCUT2D eigenvalue weighted by Gasteiger charge is -2.31. The van der Waals surface area contributed by atoms with Crippen molar-refractivity contribution in [2.24, 2.45) is 5.92 Å². The largest absolute Gasteiger partial charge is 0.492 e. The summed E-state index contributed by atoms with van der Waals surface area (Å²) in [4.78, 5) is 37.9. The van der Waals surface area contributed by atoms with Crippen LogP contribution in [0.15, 0.2) is 29.1 Å². The molecule has 1 aliphatic heterocycles. The molecular formula is C27H38N6O5. The van der Waals surface area contributed by atoms with Crippen LogP contribution in [-0.4, -0.2) is 70.3 Å². The third-order valence-corrected chi connectivity index (χ3v) is 6.98. The number of fused-ring (bicyclic) bond motifs is 1. The molecule has 0 bridgehead atoms. The number of carbonyl (C=O) groups is 1. The Hall–Kier alpha value is -3.60. The van der Waals surface area contributed by atoms with Gasteiger partial charge in [0.05, 0.1) is 20.1 Å². The number of rotatable bonds is 13. The number of hydrogen-bond acceptors (Lipinski definition) is 9. The number of aryl methyl sites for hydroxylation is 1. The molecule has 0 saturated carbocycles. The first-order valence-corrected chi connectivity index (χ1v) is 13.4. The van der Waals surface area contributed by atoms with E-state index in [9.17, 15) is 9.59 Å². The summed E-state index contributed by atoms with van der Waals surface area (Å²) < 4.78 is 17.9. The predicted octanol–water partition coefficient (Wildman–Crippen LogP) is 2.78. The van der Waals surface area contributed by atoms with Crippen LogP contribution in [0.3, 0.4) is 0 Å². The number of anilines is 1. The van der Waals surface area contributed by atoms with Gasteiger partial charge in [-0.05, 0) is 62.4 Å². The molecule has 0 aliphatic carbocycles. The number of hydrogen-bond donors (Lipinski definition) is 2. The van der Waals surface area contributed by atoms with E-state index in [1.165, 1.54) is 7.11 Å². The highest BCUT2D eigenvalue weighted by atomic mass is 16.5. The number of carbonyl (C=O) groups excluding carboxylic acids is 1. The number of nitrogens with one attached hydrogen (secondary N) is 1. The van der Waals surface area contributed by atoms with Crippen LogP contribution >= 0.6 is 0 Å². The highest BCUT2D eigenvalue weighted by molar-refractivity contribution is 5.81. The minimum Gasteiger partial charge on any atom is -0.492 e. The minimum absolute atomic E-state index is 0.210. The summed E-state index contributed by atoms with van der Waals surface area (Å²) in [7, 11) is 1.39. The van der Waals surface area contributed by atoms with Gasteiger partial charge in [-0.25, -0.2) is 4.79 Å². The van der Waals surface area contributed by atoms with E-state index in [0.717, 1.165) is 63.1 Å². The summed E-state index contributed by atoms with van der Waals surface area (Å²) in [6, 6.07) is 7.77. The zero-order chi connectivity index (χ0) is 26.9. The van der Waals surface area contributed by atoms with Gasteiger partial charge in [0.1, 0.15) is 17.9 Å². The number of nitrogens with zero attached hydrogens (tertiary/aromatic N) is 4. The summed E-state index contributed by atoms with van der Waals surface area (Å²) in [5, 5.41) is 0. The average molecular weight is 527 g/mol. The third kappa shape index (κ3) is 7.25. The van der Waals surface area contributed by atoms with Crippen LogP contribution in [0.4, 0.5) is 5.82 Å². The molecule has 1 saturated heterocycles. The van der Waals surface area contributed by atoms with E-state index in [1.54, 1.807) is 4.57 Å². The third-order valence-electron chi connectivity index (χ3n) is 6.98. The highest BCUT2D eigenvalue weighted by Gasteiger charge is 2.21. The molecule has 3 heterocycles. The molecule has 1 aliphatic rings. The van der Waals surface area contributed by atoms with Gasteiger partial charge in [-0.3, -0.25) is 14.3 Å². The normalized spacial score (nSPS) is 14.6. The number of methoxy groups -OCH3 is 1.